The summed E-state index contributed by atoms with van der Waals surface area (Å²) in [5, 5.41) is 2.28. The van der Waals surface area contributed by atoms with Gasteiger partial charge in [-0.25, -0.2) is 8.78 Å². The molecule has 1 heterocycles. The normalized spacial score (nSPS) is 10.2. The van der Waals surface area contributed by atoms with E-state index < -0.39 is 17.5 Å². The number of amides is 1. The van der Waals surface area contributed by atoms with Crippen molar-refractivity contribution in [1.29, 1.82) is 0 Å². The molecule has 20 heavy (non-hydrogen) atoms. The minimum Gasteiger partial charge on any atom is -0.494 e. The summed E-state index contributed by atoms with van der Waals surface area (Å²) in [4.78, 5) is 15.8. The molecule has 0 aliphatic heterocycles. The molecule has 0 saturated heterocycles. The number of benzene rings is 1. The number of nitrogens with two attached hydrogens (primary N) is 1. The van der Waals surface area contributed by atoms with Crippen LogP contribution in [0.4, 0.5) is 20.2 Å². The van der Waals surface area contributed by atoms with Gasteiger partial charge in [0.25, 0.3) is 5.91 Å². The lowest BCUT2D eigenvalue weighted by Gasteiger charge is -2.11. The largest absolute Gasteiger partial charge is 0.494 e. The first-order valence-corrected chi connectivity index (χ1v) is 5.56. The maximum absolute atomic E-state index is 13.6. The van der Waals surface area contributed by atoms with Crippen molar-refractivity contribution in [2.45, 2.75) is 0 Å². The van der Waals surface area contributed by atoms with E-state index >= 15 is 0 Å². The molecule has 0 aliphatic rings. The molecule has 2 aromatic rings. The number of hydrogen-bond acceptors (Lipinski definition) is 4. The molecule has 0 bridgehead atoms. The molecule has 0 radical (unpaired) electrons. The Morgan fingerprint density at radius 2 is 2.15 bits per heavy atom. The smallest absolute Gasteiger partial charge is 0.259 e. The lowest BCUT2D eigenvalue weighted by molar-refractivity contribution is 0.102. The van der Waals surface area contributed by atoms with Gasteiger partial charge in [0.05, 0.1) is 24.6 Å². The number of ether oxygens (including phenoxy) is 1. The fourth-order valence-electron chi connectivity index (χ4n) is 1.64. The van der Waals surface area contributed by atoms with Gasteiger partial charge in [0.1, 0.15) is 17.3 Å². The number of halogens is 2. The van der Waals surface area contributed by atoms with Crippen LogP contribution in [0.1, 0.15) is 10.4 Å². The van der Waals surface area contributed by atoms with Crippen LogP contribution in [0.2, 0.25) is 0 Å². The van der Waals surface area contributed by atoms with Crippen molar-refractivity contribution < 1.29 is 18.3 Å². The van der Waals surface area contributed by atoms with E-state index in [1.54, 1.807) is 0 Å². The predicted octanol–water partition coefficient (Wildman–Crippen LogP) is 2.20. The van der Waals surface area contributed by atoms with Gasteiger partial charge < -0.3 is 15.8 Å². The number of methoxy groups -OCH3 is 1. The first-order chi connectivity index (χ1) is 9.52. The van der Waals surface area contributed by atoms with Gasteiger partial charge in [-0.05, 0) is 12.1 Å². The Kier molecular flexibility index (Phi) is 3.79. The van der Waals surface area contributed by atoms with Crippen molar-refractivity contribution in [2.24, 2.45) is 0 Å². The van der Waals surface area contributed by atoms with Crippen LogP contribution in [0, 0.1) is 11.6 Å². The second-order valence-electron chi connectivity index (χ2n) is 3.88. The minimum absolute atomic E-state index is 0.158. The van der Waals surface area contributed by atoms with Gasteiger partial charge in [0.15, 0.2) is 5.82 Å². The van der Waals surface area contributed by atoms with Gasteiger partial charge in [0.2, 0.25) is 0 Å². The highest BCUT2D eigenvalue weighted by atomic mass is 19.1. The van der Waals surface area contributed by atoms with Crippen LogP contribution < -0.4 is 15.8 Å². The Balaban J connectivity index is 2.33. The lowest BCUT2D eigenvalue weighted by Crippen LogP contribution is -2.15. The van der Waals surface area contributed by atoms with Crippen LogP contribution in [-0.4, -0.2) is 18.0 Å². The van der Waals surface area contributed by atoms with Gasteiger partial charge >= 0.3 is 0 Å². The van der Waals surface area contributed by atoms with E-state index in [0.29, 0.717) is 6.07 Å². The molecule has 1 aromatic carbocycles. The minimum atomic E-state index is -0.955. The SMILES string of the molecule is COc1cnccc1C(=O)Nc1c(N)cc(F)cc1F. The van der Waals surface area contributed by atoms with Gasteiger partial charge in [-0.15, -0.1) is 0 Å². The molecule has 0 unspecified atom stereocenters. The number of nitrogen functional groups attached to an aromatic ring is 1. The Morgan fingerprint density at radius 3 is 2.80 bits per heavy atom. The molecule has 104 valence electrons. The number of nitrogens with one attached hydrogen (secondary N) is 1. The summed E-state index contributed by atoms with van der Waals surface area (Å²) >= 11 is 0. The second kappa shape index (κ2) is 5.52. The monoisotopic (exact) mass is 279 g/mol. The summed E-state index contributed by atoms with van der Waals surface area (Å²) in [6.45, 7) is 0. The van der Waals surface area contributed by atoms with E-state index in [0.717, 1.165) is 6.07 Å². The van der Waals surface area contributed by atoms with Crippen LogP contribution in [0.25, 0.3) is 0 Å². The number of nitrogens with zero attached hydrogens (tertiary/aromatic N) is 1. The number of aromatic nitrogens is 1. The topological polar surface area (TPSA) is 77.2 Å². The molecule has 0 spiro atoms. The highest BCUT2D eigenvalue weighted by molar-refractivity contribution is 6.07. The summed E-state index contributed by atoms with van der Waals surface area (Å²) in [5.74, 6) is -2.18. The number of pyridine rings is 1. The average molecular weight is 279 g/mol. The number of rotatable bonds is 3. The zero-order valence-corrected chi connectivity index (χ0v) is 10.5. The summed E-state index contributed by atoms with van der Waals surface area (Å²) in [6.07, 6.45) is 2.74. The van der Waals surface area contributed by atoms with Crippen LogP contribution in [0.5, 0.6) is 5.75 Å². The third kappa shape index (κ3) is 2.66. The number of anilines is 2. The highest BCUT2D eigenvalue weighted by Gasteiger charge is 2.16. The van der Waals surface area contributed by atoms with Crippen molar-refractivity contribution in [3.05, 3.63) is 47.8 Å². The van der Waals surface area contributed by atoms with Crippen LogP contribution in [0.3, 0.4) is 0 Å². The third-order valence-corrected chi connectivity index (χ3v) is 2.57. The number of carbonyl (C=O) groups excluding carboxylic acids is 1. The summed E-state index contributed by atoms with van der Waals surface area (Å²) < 4.78 is 31.5. The second-order valence-corrected chi connectivity index (χ2v) is 3.88. The summed E-state index contributed by atoms with van der Waals surface area (Å²) in [5.41, 5.74) is 5.15. The Morgan fingerprint density at radius 1 is 1.40 bits per heavy atom. The van der Waals surface area contributed by atoms with Crippen molar-refractivity contribution in [3.63, 3.8) is 0 Å². The molecule has 7 heteroatoms. The molecule has 5 nitrogen and oxygen atoms in total. The lowest BCUT2D eigenvalue weighted by atomic mass is 10.2. The molecule has 0 aliphatic carbocycles. The van der Waals surface area contributed by atoms with E-state index in [2.05, 4.69) is 10.3 Å². The van der Waals surface area contributed by atoms with Crippen molar-refractivity contribution in [1.82, 2.24) is 4.98 Å². The molecule has 3 N–H and O–H groups in total. The standard InChI is InChI=1S/C13H11F2N3O2/c1-20-11-6-17-3-2-8(11)13(19)18-12-9(15)4-7(14)5-10(12)16/h2-6H,16H2,1H3,(H,18,19). The first kappa shape index (κ1) is 13.7. The highest BCUT2D eigenvalue weighted by Crippen LogP contribution is 2.25. The Bertz CT molecular complexity index is 639. The number of hydrogen-bond donors (Lipinski definition) is 2. The van der Waals surface area contributed by atoms with E-state index in [9.17, 15) is 13.6 Å². The fourth-order valence-corrected chi connectivity index (χ4v) is 1.64. The van der Waals surface area contributed by atoms with Gasteiger partial charge in [-0.2, -0.15) is 0 Å². The maximum Gasteiger partial charge on any atom is 0.259 e. The molecular formula is C13H11F2N3O2. The zero-order valence-electron chi connectivity index (χ0n) is 10.5. The third-order valence-electron chi connectivity index (χ3n) is 2.57. The summed E-state index contributed by atoms with van der Waals surface area (Å²) in [6, 6.07) is 2.96. The fraction of sp³-hybridized carbons (Fsp3) is 0.0769. The maximum atomic E-state index is 13.6. The number of carbonyl (C=O) groups is 1. The molecule has 1 aromatic heterocycles. The quantitative estimate of drug-likeness (QED) is 0.844. The van der Waals surface area contributed by atoms with Crippen LogP contribution in [-0.2, 0) is 0 Å². The van der Waals surface area contributed by atoms with Crippen molar-refractivity contribution in [2.75, 3.05) is 18.2 Å². The molecule has 0 atom stereocenters. The molecule has 0 saturated carbocycles. The predicted molar refractivity (Wildman–Crippen MR) is 69.5 cm³/mol. The van der Waals surface area contributed by atoms with Gasteiger partial charge in [0, 0.05) is 12.3 Å². The van der Waals surface area contributed by atoms with E-state index in [1.807, 2.05) is 0 Å². The van der Waals surface area contributed by atoms with Crippen molar-refractivity contribution >= 4 is 17.3 Å². The molecule has 0 fully saturated rings. The average Bonchev–Trinajstić information content (AvgIpc) is 2.42. The first-order valence-electron chi connectivity index (χ1n) is 5.56. The van der Waals surface area contributed by atoms with Crippen molar-refractivity contribution in [3.8, 4) is 5.75 Å². The molecular weight excluding hydrogens is 268 g/mol. The summed E-state index contributed by atoms with van der Waals surface area (Å²) in [7, 11) is 1.38. The zero-order chi connectivity index (χ0) is 14.7. The Labute approximate surface area is 113 Å². The van der Waals surface area contributed by atoms with Crippen LogP contribution in [0.15, 0.2) is 30.6 Å². The van der Waals surface area contributed by atoms with E-state index in [-0.39, 0.29) is 22.7 Å². The molecule has 2 rings (SSSR count). The van der Waals surface area contributed by atoms with E-state index in [4.69, 9.17) is 10.5 Å². The van der Waals surface area contributed by atoms with E-state index in [1.165, 1.54) is 25.6 Å². The van der Waals surface area contributed by atoms with Gasteiger partial charge in [-0.3, -0.25) is 9.78 Å². The van der Waals surface area contributed by atoms with Crippen LogP contribution >= 0.6 is 0 Å². The van der Waals surface area contributed by atoms with Gasteiger partial charge in [-0.1, -0.05) is 0 Å². The Hall–Kier alpha value is -2.70. The molecule has 1 amide bonds.